The quantitative estimate of drug-likeness (QED) is 0.758. The zero-order valence-corrected chi connectivity index (χ0v) is 8.99. The molecular formula is C13H16O2. The molecule has 1 spiro atoms. The molecule has 0 amide bonds. The van der Waals surface area contributed by atoms with Crippen molar-refractivity contribution in [2.75, 3.05) is 7.11 Å². The van der Waals surface area contributed by atoms with Crippen molar-refractivity contribution >= 4 is 0 Å². The van der Waals surface area contributed by atoms with Gasteiger partial charge >= 0.3 is 0 Å². The first-order valence-corrected chi connectivity index (χ1v) is 5.62. The minimum Gasteiger partial charge on any atom is -0.496 e. The average Bonchev–Trinajstić information content (AvgIpc) is 3.05. The molecule has 0 heterocycles. The highest BCUT2D eigenvalue weighted by Crippen LogP contribution is 2.56. The van der Waals surface area contributed by atoms with Gasteiger partial charge in [-0.3, -0.25) is 0 Å². The van der Waals surface area contributed by atoms with E-state index in [9.17, 15) is 5.11 Å². The third-order valence-corrected chi connectivity index (χ3v) is 3.98. The van der Waals surface area contributed by atoms with Gasteiger partial charge in [-0.05, 0) is 42.9 Å². The molecule has 1 fully saturated rings. The lowest BCUT2D eigenvalue weighted by Gasteiger charge is -2.31. The number of aliphatic hydroxyl groups excluding tert-OH is 1. The van der Waals surface area contributed by atoms with Crippen molar-refractivity contribution in [1.82, 2.24) is 0 Å². The molecule has 3 rings (SSSR count). The number of rotatable bonds is 1. The second-order valence-electron chi connectivity index (χ2n) is 4.70. The fourth-order valence-electron chi connectivity index (χ4n) is 2.96. The van der Waals surface area contributed by atoms with Gasteiger partial charge in [-0.1, -0.05) is 12.1 Å². The summed E-state index contributed by atoms with van der Waals surface area (Å²) in [4.78, 5) is 0. The van der Waals surface area contributed by atoms with Gasteiger partial charge in [0.1, 0.15) is 5.75 Å². The zero-order valence-electron chi connectivity index (χ0n) is 8.99. The summed E-state index contributed by atoms with van der Waals surface area (Å²) in [7, 11) is 1.72. The molecular weight excluding hydrogens is 188 g/mol. The van der Waals surface area contributed by atoms with Gasteiger partial charge in [-0.2, -0.15) is 0 Å². The van der Waals surface area contributed by atoms with Gasteiger partial charge in [-0.25, -0.2) is 0 Å². The Morgan fingerprint density at radius 1 is 1.40 bits per heavy atom. The molecule has 1 aromatic carbocycles. The molecule has 0 aromatic heterocycles. The van der Waals surface area contributed by atoms with E-state index in [1.54, 1.807) is 7.11 Å². The normalized spacial score (nSPS) is 26.1. The molecule has 0 saturated heterocycles. The Kier molecular flexibility index (Phi) is 1.84. The zero-order chi connectivity index (χ0) is 10.5. The fraction of sp³-hybridized carbons (Fsp3) is 0.538. The van der Waals surface area contributed by atoms with Crippen molar-refractivity contribution in [3.05, 3.63) is 29.3 Å². The Balaban J connectivity index is 2.15. The molecule has 1 unspecified atom stereocenters. The molecule has 80 valence electrons. The van der Waals surface area contributed by atoms with E-state index >= 15 is 0 Å². The van der Waals surface area contributed by atoms with E-state index in [-0.39, 0.29) is 11.5 Å². The maximum Gasteiger partial charge on any atom is 0.122 e. The predicted molar refractivity (Wildman–Crippen MR) is 58.2 cm³/mol. The monoisotopic (exact) mass is 204 g/mol. The number of methoxy groups -OCH3 is 1. The van der Waals surface area contributed by atoms with Gasteiger partial charge < -0.3 is 9.84 Å². The molecule has 15 heavy (non-hydrogen) atoms. The summed E-state index contributed by atoms with van der Waals surface area (Å²) >= 11 is 0. The van der Waals surface area contributed by atoms with Crippen LogP contribution in [0, 0.1) is 0 Å². The molecule has 0 bridgehead atoms. The molecule has 2 aliphatic carbocycles. The van der Waals surface area contributed by atoms with E-state index in [0.29, 0.717) is 0 Å². The van der Waals surface area contributed by atoms with E-state index in [0.717, 1.165) is 31.4 Å². The number of benzene rings is 1. The van der Waals surface area contributed by atoms with Gasteiger partial charge in [0.05, 0.1) is 13.2 Å². The predicted octanol–water partition coefficient (Wildman–Crippen LogP) is 2.03. The van der Waals surface area contributed by atoms with Crippen LogP contribution >= 0.6 is 0 Å². The van der Waals surface area contributed by atoms with Gasteiger partial charge in [0.25, 0.3) is 0 Å². The SMILES string of the molecule is COc1cccc2c1CCC(O)C21CC1. The summed E-state index contributed by atoms with van der Waals surface area (Å²) in [5.41, 5.74) is 2.74. The summed E-state index contributed by atoms with van der Waals surface area (Å²) in [6.45, 7) is 0. The maximum absolute atomic E-state index is 10.1. The van der Waals surface area contributed by atoms with Crippen LogP contribution in [-0.2, 0) is 11.8 Å². The van der Waals surface area contributed by atoms with Gasteiger partial charge in [-0.15, -0.1) is 0 Å². The molecule has 0 radical (unpaired) electrons. The summed E-state index contributed by atoms with van der Waals surface area (Å²) < 4.78 is 5.39. The minimum absolute atomic E-state index is 0.0854. The van der Waals surface area contributed by atoms with Crippen LogP contribution in [0.4, 0.5) is 0 Å². The Bertz CT molecular complexity index is 394. The van der Waals surface area contributed by atoms with Crippen LogP contribution in [0.25, 0.3) is 0 Å². The molecule has 1 atom stereocenters. The summed E-state index contributed by atoms with van der Waals surface area (Å²) in [5, 5.41) is 10.1. The van der Waals surface area contributed by atoms with E-state index in [1.807, 2.05) is 12.1 Å². The van der Waals surface area contributed by atoms with Crippen LogP contribution in [0.5, 0.6) is 5.75 Å². The molecule has 1 aromatic rings. The number of hydrogen-bond acceptors (Lipinski definition) is 2. The van der Waals surface area contributed by atoms with Crippen LogP contribution in [0.3, 0.4) is 0 Å². The van der Waals surface area contributed by atoms with Crippen molar-refractivity contribution in [3.8, 4) is 5.75 Å². The van der Waals surface area contributed by atoms with Gasteiger partial charge in [0.2, 0.25) is 0 Å². The molecule has 2 nitrogen and oxygen atoms in total. The van der Waals surface area contributed by atoms with Crippen LogP contribution in [0.15, 0.2) is 18.2 Å². The van der Waals surface area contributed by atoms with E-state index in [1.165, 1.54) is 11.1 Å². The van der Waals surface area contributed by atoms with Gasteiger partial charge in [0, 0.05) is 5.41 Å². The molecule has 1 saturated carbocycles. The molecule has 2 heteroatoms. The van der Waals surface area contributed by atoms with Crippen molar-refractivity contribution in [2.24, 2.45) is 0 Å². The van der Waals surface area contributed by atoms with Crippen molar-refractivity contribution in [2.45, 2.75) is 37.2 Å². The first kappa shape index (κ1) is 9.22. The largest absolute Gasteiger partial charge is 0.496 e. The first-order chi connectivity index (χ1) is 7.28. The lowest BCUT2D eigenvalue weighted by molar-refractivity contribution is 0.114. The highest BCUT2D eigenvalue weighted by atomic mass is 16.5. The smallest absolute Gasteiger partial charge is 0.122 e. The van der Waals surface area contributed by atoms with E-state index < -0.39 is 0 Å². The highest BCUT2D eigenvalue weighted by molar-refractivity contribution is 5.49. The van der Waals surface area contributed by atoms with Gasteiger partial charge in [0.15, 0.2) is 0 Å². The summed E-state index contributed by atoms with van der Waals surface area (Å²) in [6, 6.07) is 6.22. The lowest BCUT2D eigenvalue weighted by atomic mass is 9.78. The number of fused-ring (bicyclic) bond motifs is 2. The third-order valence-electron chi connectivity index (χ3n) is 3.98. The Hall–Kier alpha value is -1.02. The Morgan fingerprint density at radius 3 is 2.87 bits per heavy atom. The first-order valence-electron chi connectivity index (χ1n) is 5.62. The van der Waals surface area contributed by atoms with Crippen LogP contribution in [-0.4, -0.2) is 18.3 Å². The van der Waals surface area contributed by atoms with Crippen LogP contribution < -0.4 is 4.74 Å². The molecule has 2 aliphatic rings. The average molecular weight is 204 g/mol. The summed E-state index contributed by atoms with van der Waals surface area (Å²) in [6.07, 6.45) is 3.95. The molecule has 1 N–H and O–H groups in total. The van der Waals surface area contributed by atoms with E-state index in [4.69, 9.17) is 4.74 Å². The highest BCUT2D eigenvalue weighted by Gasteiger charge is 2.53. The number of aliphatic hydroxyl groups is 1. The van der Waals surface area contributed by atoms with Crippen LogP contribution in [0.2, 0.25) is 0 Å². The Morgan fingerprint density at radius 2 is 2.20 bits per heavy atom. The van der Waals surface area contributed by atoms with Crippen LogP contribution in [0.1, 0.15) is 30.4 Å². The maximum atomic E-state index is 10.1. The fourth-order valence-corrected chi connectivity index (χ4v) is 2.96. The van der Waals surface area contributed by atoms with Crippen molar-refractivity contribution in [3.63, 3.8) is 0 Å². The second kappa shape index (κ2) is 2.99. The topological polar surface area (TPSA) is 29.5 Å². The molecule has 0 aliphatic heterocycles. The number of ether oxygens (including phenoxy) is 1. The standard InChI is InChI=1S/C13H16O2/c1-15-11-4-2-3-10-9(11)5-6-12(14)13(10)7-8-13/h2-4,12,14H,5-8H2,1H3. The lowest BCUT2D eigenvalue weighted by Crippen LogP contribution is -2.32. The summed E-state index contributed by atoms with van der Waals surface area (Å²) in [5.74, 6) is 0.991. The van der Waals surface area contributed by atoms with Crippen molar-refractivity contribution in [1.29, 1.82) is 0 Å². The second-order valence-corrected chi connectivity index (χ2v) is 4.70. The van der Waals surface area contributed by atoms with Crippen molar-refractivity contribution < 1.29 is 9.84 Å². The Labute approximate surface area is 89.9 Å². The van der Waals surface area contributed by atoms with E-state index in [2.05, 4.69) is 6.07 Å². The number of hydrogen-bond donors (Lipinski definition) is 1. The minimum atomic E-state index is -0.142. The third kappa shape index (κ3) is 1.14.